The molecule has 3 aromatic rings. The van der Waals surface area contributed by atoms with Crippen LogP contribution in [0.1, 0.15) is 63.4 Å². The maximum atomic E-state index is 12.0. The minimum atomic E-state index is -0.293. The molecule has 0 atom stereocenters. The molecule has 2 aromatic carbocycles. The molecule has 0 bridgehead atoms. The molecule has 36 heavy (non-hydrogen) atoms. The van der Waals surface area contributed by atoms with Crippen LogP contribution in [0.4, 0.5) is 5.13 Å². The standard InChI is InChI=1S/C28H37N3O4S/c1-6-33-27(32)21-7-8-25-26(15-21)36-28(30-25)29-22-9-11-31(12-10-22)17-20-13-23(34-18(2)3)16-24(14-20)35-19(4)5/h7-8,13-16,18-19,22H,6,9-12,17H2,1-5H3,(H,29,30). The van der Waals surface area contributed by atoms with Gasteiger partial charge in [-0.25, -0.2) is 9.78 Å². The summed E-state index contributed by atoms with van der Waals surface area (Å²) in [6.45, 7) is 13.2. The van der Waals surface area contributed by atoms with Gasteiger partial charge in [0.1, 0.15) is 11.5 Å². The number of ether oxygens (including phenoxy) is 3. The van der Waals surface area contributed by atoms with E-state index in [1.807, 2.05) is 52.8 Å². The van der Waals surface area contributed by atoms with Crippen molar-refractivity contribution in [1.29, 1.82) is 0 Å². The predicted molar refractivity (Wildman–Crippen MR) is 145 cm³/mol. The maximum Gasteiger partial charge on any atom is 0.338 e. The molecule has 0 amide bonds. The Hall–Kier alpha value is -2.84. The summed E-state index contributed by atoms with van der Waals surface area (Å²) in [7, 11) is 0. The molecular weight excluding hydrogens is 474 g/mol. The van der Waals surface area contributed by atoms with E-state index in [1.165, 1.54) is 5.56 Å². The zero-order valence-corrected chi connectivity index (χ0v) is 22.7. The molecule has 1 N–H and O–H groups in total. The monoisotopic (exact) mass is 511 g/mol. The molecule has 1 fully saturated rings. The Morgan fingerprint density at radius 1 is 1.06 bits per heavy atom. The lowest BCUT2D eigenvalue weighted by Gasteiger charge is -2.32. The van der Waals surface area contributed by atoms with Crippen molar-refractivity contribution in [3.05, 3.63) is 47.5 Å². The van der Waals surface area contributed by atoms with Gasteiger partial charge >= 0.3 is 5.97 Å². The number of piperidine rings is 1. The normalized spacial score (nSPS) is 15.0. The van der Waals surface area contributed by atoms with Gasteiger partial charge in [-0.05, 0) is 83.4 Å². The summed E-state index contributed by atoms with van der Waals surface area (Å²) in [6.07, 6.45) is 2.32. The van der Waals surface area contributed by atoms with E-state index in [4.69, 9.17) is 19.2 Å². The number of fused-ring (bicyclic) bond motifs is 1. The van der Waals surface area contributed by atoms with Crippen LogP contribution in [0.15, 0.2) is 36.4 Å². The quantitative estimate of drug-likeness (QED) is 0.329. The van der Waals surface area contributed by atoms with Gasteiger partial charge in [-0.3, -0.25) is 4.90 Å². The molecule has 7 nitrogen and oxygen atoms in total. The zero-order valence-electron chi connectivity index (χ0n) is 21.9. The Morgan fingerprint density at radius 3 is 2.33 bits per heavy atom. The van der Waals surface area contributed by atoms with Crippen molar-refractivity contribution in [3.63, 3.8) is 0 Å². The Kier molecular flexibility index (Phi) is 8.69. The molecule has 2 heterocycles. The van der Waals surface area contributed by atoms with E-state index < -0.39 is 0 Å². The summed E-state index contributed by atoms with van der Waals surface area (Å²) in [5, 5.41) is 4.52. The molecule has 1 aliphatic heterocycles. The van der Waals surface area contributed by atoms with Crippen LogP contribution < -0.4 is 14.8 Å². The van der Waals surface area contributed by atoms with Crippen molar-refractivity contribution in [1.82, 2.24) is 9.88 Å². The average Bonchev–Trinajstić information content (AvgIpc) is 3.21. The van der Waals surface area contributed by atoms with Crippen LogP contribution in [-0.2, 0) is 11.3 Å². The Balaban J connectivity index is 1.34. The number of esters is 1. The number of nitrogens with one attached hydrogen (secondary N) is 1. The third-order valence-electron chi connectivity index (χ3n) is 5.90. The second kappa shape index (κ2) is 11.9. The highest BCUT2D eigenvalue weighted by Gasteiger charge is 2.21. The van der Waals surface area contributed by atoms with Crippen LogP contribution >= 0.6 is 11.3 Å². The predicted octanol–water partition coefficient (Wildman–Crippen LogP) is 6.12. The number of anilines is 1. The highest BCUT2D eigenvalue weighted by atomic mass is 32.1. The van der Waals surface area contributed by atoms with Crippen LogP contribution in [-0.4, -0.2) is 53.8 Å². The fraction of sp³-hybridized carbons (Fsp3) is 0.500. The lowest BCUT2D eigenvalue weighted by Crippen LogP contribution is -2.38. The fourth-order valence-corrected chi connectivity index (χ4v) is 5.38. The topological polar surface area (TPSA) is 72.9 Å². The first kappa shape index (κ1) is 26.2. The van der Waals surface area contributed by atoms with Gasteiger partial charge in [-0.1, -0.05) is 11.3 Å². The van der Waals surface area contributed by atoms with Crippen molar-refractivity contribution < 1.29 is 19.0 Å². The number of likely N-dealkylation sites (tertiary alicyclic amines) is 1. The van der Waals surface area contributed by atoms with Gasteiger partial charge in [0.25, 0.3) is 0 Å². The van der Waals surface area contributed by atoms with Crippen molar-refractivity contribution in [2.24, 2.45) is 0 Å². The highest BCUT2D eigenvalue weighted by molar-refractivity contribution is 7.22. The van der Waals surface area contributed by atoms with Crippen LogP contribution in [0.25, 0.3) is 10.2 Å². The van der Waals surface area contributed by atoms with Crippen molar-refractivity contribution >= 4 is 32.7 Å². The van der Waals surface area contributed by atoms with Crippen molar-refractivity contribution in [2.45, 2.75) is 72.3 Å². The van der Waals surface area contributed by atoms with Crippen LogP contribution in [0.2, 0.25) is 0 Å². The molecule has 1 saturated heterocycles. The number of carbonyl (C=O) groups excluding carboxylic acids is 1. The minimum Gasteiger partial charge on any atom is -0.491 e. The van der Waals surface area contributed by atoms with Gasteiger partial charge in [0.05, 0.1) is 34.6 Å². The third kappa shape index (κ3) is 7.11. The summed E-state index contributed by atoms with van der Waals surface area (Å²) < 4.78 is 18.0. The van der Waals surface area contributed by atoms with E-state index in [9.17, 15) is 4.79 Å². The van der Waals surface area contributed by atoms with E-state index in [-0.39, 0.29) is 18.2 Å². The maximum absolute atomic E-state index is 12.0. The second-order valence-electron chi connectivity index (χ2n) is 9.76. The molecule has 1 aromatic heterocycles. The number of hydrogen-bond acceptors (Lipinski definition) is 8. The van der Waals surface area contributed by atoms with E-state index in [0.717, 1.165) is 59.3 Å². The van der Waals surface area contributed by atoms with Gasteiger partial charge in [-0.2, -0.15) is 0 Å². The number of thiazole rings is 1. The number of carbonyl (C=O) groups is 1. The Labute approximate surface area is 217 Å². The number of hydrogen-bond donors (Lipinski definition) is 1. The molecule has 0 unspecified atom stereocenters. The largest absolute Gasteiger partial charge is 0.491 e. The second-order valence-corrected chi connectivity index (χ2v) is 10.8. The van der Waals surface area contributed by atoms with Gasteiger partial charge in [0, 0.05) is 31.7 Å². The first-order valence-corrected chi connectivity index (χ1v) is 13.6. The molecule has 0 aliphatic carbocycles. The molecule has 0 radical (unpaired) electrons. The molecule has 4 rings (SSSR count). The van der Waals surface area contributed by atoms with E-state index >= 15 is 0 Å². The zero-order chi connectivity index (χ0) is 25.7. The summed E-state index contributed by atoms with van der Waals surface area (Å²) in [5.41, 5.74) is 2.67. The molecule has 194 valence electrons. The Bertz CT molecular complexity index is 1140. The van der Waals surface area contributed by atoms with Gasteiger partial charge < -0.3 is 19.5 Å². The van der Waals surface area contributed by atoms with E-state index in [0.29, 0.717) is 18.2 Å². The summed E-state index contributed by atoms with van der Waals surface area (Å²) in [5.74, 6) is 1.42. The first-order chi connectivity index (χ1) is 17.3. The summed E-state index contributed by atoms with van der Waals surface area (Å²) >= 11 is 1.59. The Morgan fingerprint density at radius 2 is 1.72 bits per heavy atom. The first-order valence-electron chi connectivity index (χ1n) is 12.8. The van der Waals surface area contributed by atoms with Gasteiger partial charge in [-0.15, -0.1) is 0 Å². The summed E-state index contributed by atoms with van der Waals surface area (Å²) in [6, 6.07) is 12.1. The SMILES string of the molecule is CCOC(=O)c1ccc2nc(NC3CCN(Cc4cc(OC(C)C)cc(OC(C)C)c4)CC3)sc2c1. The molecule has 0 saturated carbocycles. The number of nitrogens with zero attached hydrogens (tertiary/aromatic N) is 2. The number of benzene rings is 2. The summed E-state index contributed by atoms with van der Waals surface area (Å²) in [4.78, 5) is 19.2. The average molecular weight is 512 g/mol. The third-order valence-corrected chi connectivity index (χ3v) is 6.85. The van der Waals surface area contributed by atoms with Crippen LogP contribution in [0.5, 0.6) is 11.5 Å². The highest BCUT2D eigenvalue weighted by Crippen LogP contribution is 2.30. The minimum absolute atomic E-state index is 0.119. The van der Waals surface area contributed by atoms with E-state index in [2.05, 4.69) is 22.3 Å². The number of aromatic nitrogens is 1. The lowest BCUT2D eigenvalue weighted by atomic mass is 10.0. The van der Waals surface area contributed by atoms with Crippen molar-refractivity contribution in [2.75, 3.05) is 25.0 Å². The van der Waals surface area contributed by atoms with Crippen molar-refractivity contribution in [3.8, 4) is 11.5 Å². The smallest absolute Gasteiger partial charge is 0.338 e. The molecule has 8 heteroatoms. The molecular formula is C28H37N3O4S. The lowest BCUT2D eigenvalue weighted by molar-refractivity contribution is 0.0526. The van der Waals surface area contributed by atoms with E-state index in [1.54, 1.807) is 17.4 Å². The molecule has 1 aliphatic rings. The van der Waals surface area contributed by atoms with Gasteiger partial charge in [0.15, 0.2) is 5.13 Å². The molecule has 0 spiro atoms. The fourth-order valence-electron chi connectivity index (χ4n) is 4.40. The van der Waals surface area contributed by atoms with Crippen LogP contribution in [0, 0.1) is 0 Å². The van der Waals surface area contributed by atoms with Gasteiger partial charge in [0.2, 0.25) is 0 Å². The number of rotatable bonds is 10. The van der Waals surface area contributed by atoms with Crippen LogP contribution in [0.3, 0.4) is 0 Å².